The molecule has 0 spiro atoms. The van der Waals surface area contributed by atoms with Gasteiger partial charge in [-0.2, -0.15) is 0 Å². The number of benzene rings is 1. The highest BCUT2D eigenvalue weighted by Crippen LogP contribution is 2.50. The first-order valence-electron chi connectivity index (χ1n) is 11.2. The van der Waals surface area contributed by atoms with Crippen LogP contribution in [0.15, 0.2) is 64.7 Å². The number of rotatable bonds is 9. The van der Waals surface area contributed by atoms with E-state index in [0.717, 1.165) is 29.6 Å². The second-order valence-corrected chi connectivity index (χ2v) is 11.4. The van der Waals surface area contributed by atoms with Crippen molar-refractivity contribution in [1.82, 2.24) is 25.4 Å². The first kappa shape index (κ1) is 22.8. The minimum atomic E-state index is -0.120. The molecule has 9 heteroatoms. The van der Waals surface area contributed by atoms with Crippen molar-refractivity contribution in [1.29, 1.82) is 0 Å². The summed E-state index contributed by atoms with van der Waals surface area (Å²) in [7, 11) is 0. The van der Waals surface area contributed by atoms with Gasteiger partial charge in [0.2, 0.25) is 5.91 Å². The highest BCUT2D eigenvalue weighted by Gasteiger charge is 2.45. The van der Waals surface area contributed by atoms with E-state index in [1.54, 1.807) is 23.5 Å². The van der Waals surface area contributed by atoms with Crippen LogP contribution in [-0.4, -0.2) is 37.3 Å². The van der Waals surface area contributed by atoms with Crippen molar-refractivity contribution in [2.75, 3.05) is 5.75 Å². The van der Waals surface area contributed by atoms with E-state index in [1.165, 1.54) is 22.5 Å². The first-order valence-corrected chi connectivity index (χ1v) is 14.1. The van der Waals surface area contributed by atoms with E-state index in [2.05, 4.69) is 56.3 Å². The van der Waals surface area contributed by atoms with Crippen LogP contribution in [0.5, 0.6) is 0 Å². The molecule has 33 heavy (non-hydrogen) atoms. The van der Waals surface area contributed by atoms with Crippen molar-refractivity contribution in [2.24, 2.45) is 5.92 Å². The van der Waals surface area contributed by atoms with Gasteiger partial charge in [-0.05, 0) is 35.3 Å². The third-order valence-electron chi connectivity index (χ3n) is 5.93. The van der Waals surface area contributed by atoms with Gasteiger partial charge in [-0.3, -0.25) is 10.1 Å². The Morgan fingerprint density at radius 2 is 2.12 bits per heavy atom. The van der Waals surface area contributed by atoms with Crippen LogP contribution in [-0.2, 0) is 17.1 Å². The van der Waals surface area contributed by atoms with Crippen LogP contribution in [0, 0.1) is 5.92 Å². The van der Waals surface area contributed by atoms with Gasteiger partial charge in [0.25, 0.3) is 0 Å². The van der Waals surface area contributed by atoms with E-state index in [9.17, 15) is 4.79 Å². The lowest BCUT2D eigenvalue weighted by Crippen LogP contribution is -2.58. The Hall–Kier alpha value is -1.94. The fraction of sp³-hybridized carbons (Fsp3) is 0.375. The summed E-state index contributed by atoms with van der Waals surface area (Å²) in [5.74, 6) is 2.53. The molecule has 0 bridgehead atoms. The number of carbonyl (C=O) groups excluding carboxylic acids is 1. The number of nitrogens with zero attached hydrogens (tertiary/aromatic N) is 3. The molecule has 5 rings (SSSR count). The van der Waals surface area contributed by atoms with Crippen LogP contribution in [0.4, 0.5) is 0 Å². The van der Waals surface area contributed by atoms with Gasteiger partial charge >= 0.3 is 0 Å². The van der Waals surface area contributed by atoms with Crippen molar-refractivity contribution in [3.05, 3.63) is 70.9 Å². The zero-order valence-corrected chi connectivity index (χ0v) is 20.7. The lowest BCUT2D eigenvalue weighted by Gasteiger charge is -2.34. The van der Waals surface area contributed by atoms with Crippen LogP contribution >= 0.6 is 35.3 Å². The first-order chi connectivity index (χ1) is 16.2. The number of thioether (sulfide) groups is 3. The molecule has 0 radical (unpaired) electrons. The molecule has 3 atom stereocenters. The summed E-state index contributed by atoms with van der Waals surface area (Å²) in [6, 6.07) is 10.3. The van der Waals surface area contributed by atoms with Crippen molar-refractivity contribution >= 4 is 47.3 Å². The standard InChI is InChI=1S/C24H27N5OS3/c1-2-13-29-19(27-28-24(29)31-14-7-10-16-8-4-3-5-9-16)15-32-23-25-21(30)20-17-11-6-12-18(17)33-22(20)26-23/h2-5,7-10,20,22-23,26H,1,6,11-15H2,(H,25,30)/b10-7+. The molecule has 1 aliphatic carbocycles. The molecular formula is C24H27N5OS3. The van der Waals surface area contributed by atoms with Gasteiger partial charge in [0.1, 0.15) is 11.3 Å². The smallest absolute Gasteiger partial charge is 0.231 e. The summed E-state index contributed by atoms with van der Waals surface area (Å²) in [5, 5.41) is 16.7. The number of hydrogen-bond donors (Lipinski definition) is 2. The van der Waals surface area contributed by atoms with Gasteiger partial charge in [-0.15, -0.1) is 40.3 Å². The van der Waals surface area contributed by atoms with Crippen LogP contribution in [0.3, 0.4) is 0 Å². The molecular weight excluding hydrogens is 470 g/mol. The Morgan fingerprint density at radius 3 is 2.97 bits per heavy atom. The van der Waals surface area contributed by atoms with E-state index in [4.69, 9.17) is 0 Å². The third-order valence-corrected chi connectivity index (χ3v) is 9.27. The molecule has 0 saturated carbocycles. The van der Waals surface area contributed by atoms with Crippen LogP contribution in [0.1, 0.15) is 30.7 Å². The van der Waals surface area contributed by atoms with E-state index in [1.807, 2.05) is 36.0 Å². The fourth-order valence-electron chi connectivity index (χ4n) is 4.41. The SMILES string of the molecule is C=CCn1c(CSC2NC(=O)C3C4=C(CCC4)SC3N2)nnc1SC/C=C/c1ccccc1. The number of carbonyl (C=O) groups is 1. The van der Waals surface area contributed by atoms with Crippen LogP contribution in [0.25, 0.3) is 6.08 Å². The molecule has 6 nitrogen and oxygen atoms in total. The maximum atomic E-state index is 12.8. The normalized spacial score (nSPS) is 24.2. The Kier molecular flexibility index (Phi) is 7.30. The number of fused-ring (bicyclic) bond motifs is 2. The van der Waals surface area contributed by atoms with Gasteiger partial charge in [0.15, 0.2) is 5.16 Å². The second kappa shape index (κ2) is 10.5. The summed E-state index contributed by atoms with van der Waals surface area (Å²) in [4.78, 5) is 14.2. The summed E-state index contributed by atoms with van der Waals surface area (Å²) in [5.41, 5.74) is 2.44. The molecule has 172 valence electrons. The minimum absolute atomic E-state index is 0.000659. The fourth-order valence-corrected chi connectivity index (χ4v) is 7.82. The Morgan fingerprint density at radius 1 is 1.24 bits per heavy atom. The molecule has 1 saturated heterocycles. The summed E-state index contributed by atoms with van der Waals surface area (Å²) in [6.45, 7) is 4.56. The lowest BCUT2D eigenvalue weighted by molar-refractivity contribution is -0.125. The van der Waals surface area contributed by atoms with Gasteiger partial charge in [-0.1, -0.05) is 60.3 Å². The maximum absolute atomic E-state index is 12.8. The predicted octanol–water partition coefficient (Wildman–Crippen LogP) is 4.63. The summed E-state index contributed by atoms with van der Waals surface area (Å²) in [6.07, 6.45) is 9.52. The lowest BCUT2D eigenvalue weighted by atomic mass is 9.96. The summed E-state index contributed by atoms with van der Waals surface area (Å²) < 4.78 is 2.11. The zero-order chi connectivity index (χ0) is 22.6. The average molecular weight is 498 g/mol. The van der Waals surface area contributed by atoms with Gasteiger partial charge in [-0.25, -0.2) is 0 Å². The predicted molar refractivity (Wildman–Crippen MR) is 139 cm³/mol. The number of nitrogens with one attached hydrogen (secondary N) is 2. The number of aromatic nitrogens is 3. The molecule has 2 aromatic rings. The number of hydrogen-bond acceptors (Lipinski definition) is 7. The largest absolute Gasteiger partial charge is 0.331 e. The van der Waals surface area contributed by atoms with Gasteiger partial charge in [0, 0.05) is 12.3 Å². The second-order valence-electron chi connectivity index (χ2n) is 8.11. The summed E-state index contributed by atoms with van der Waals surface area (Å²) >= 11 is 5.17. The van der Waals surface area contributed by atoms with E-state index in [-0.39, 0.29) is 22.7 Å². The molecule has 1 fully saturated rings. The average Bonchev–Trinajstić information content (AvgIpc) is 3.51. The number of allylic oxidation sites excluding steroid dienone is 2. The molecule has 3 heterocycles. The van der Waals surface area contributed by atoms with Crippen molar-refractivity contribution in [2.45, 2.75) is 47.6 Å². The maximum Gasteiger partial charge on any atom is 0.231 e. The molecule has 1 aromatic carbocycles. The number of amides is 1. The monoisotopic (exact) mass is 497 g/mol. The van der Waals surface area contributed by atoms with Crippen molar-refractivity contribution in [3.63, 3.8) is 0 Å². The topological polar surface area (TPSA) is 71.8 Å². The quantitative estimate of drug-likeness (QED) is 0.386. The van der Waals surface area contributed by atoms with Gasteiger partial charge < -0.3 is 9.88 Å². The van der Waals surface area contributed by atoms with E-state index in [0.29, 0.717) is 12.3 Å². The van der Waals surface area contributed by atoms with E-state index >= 15 is 0 Å². The highest BCUT2D eigenvalue weighted by atomic mass is 32.2. The molecule has 3 unspecified atom stereocenters. The van der Waals surface area contributed by atoms with Crippen LogP contribution < -0.4 is 10.6 Å². The zero-order valence-electron chi connectivity index (χ0n) is 18.3. The van der Waals surface area contributed by atoms with Gasteiger partial charge in [0.05, 0.1) is 17.0 Å². The molecule has 1 aromatic heterocycles. The Labute approximate surface area is 207 Å². The Balaban J connectivity index is 1.17. The van der Waals surface area contributed by atoms with E-state index < -0.39 is 0 Å². The molecule has 3 aliphatic rings. The molecule has 2 N–H and O–H groups in total. The van der Waals surface area contributed by atoms with Crippen LogP contribution in [0.2, 0.25) is 0 Å². The molecule has 1 amide bonds. The van der Waals surface area contributed by atoms with Crippen molar-refractivity contribution in [3.8, 4) is 0 Å². The Bertz CT molecular complexity index is 1080. The minimum Gasteiger partial charge on any atom is -0.331 e. The molecule has 2 aliphatic heterocycles. The highest BCUT2D eigenvalue weighted by molar-refractivity contribution is 8.04. The third kappa shape index (κ3) is 5.11. The van der Waals surface area contributed by atoms with Crippen molar-refractivity contribution < 1.29 is 4.79 Å².